The van der Waals surface area contributed by atoms with Gasteiger partial charge in [0.05, 0.1) is 21.3 Å². The van der Waals surface area contributed by atoms with E-state index in [1.54, 1.807) is 0 Å². The first kappa shape index (κ1) is 23.4. The molecule has 0 aromatic heterocycles. The number of carboxylic acid groups (broad SMARTS) is 2. The molecule has 110 valence electrons. The van der Waals surface area contributed by atoms with Gasteiger partial charge in [-0.2, -0.15) is 0 Å². The van der Waals surface area contributed by atoms with Crippen molar-refractivity contribution in [1.82, 2.24) is 0 Å². The smallest absolute Gasteiger partial charge is 0.478 e. The third-order valence-electron chi connectivity index (χ3n) is 1.36. The van der Waals surface area contributed by atoms with Gasteiger partial charge in [0.25, 0.3) is 0 Å². The van der Waals surface area contributed by atoms with Crippen molar-refractivity contribution in [2.24, 2.45) is 0 Å². The standard InChI is InChI=1S/C8H6O4.Mg.2NO3/c9-7(10)5-2-1-3-6(4-5)8(11)12;;2*2-1(3)4/h1-4H,(H,9,10)(H,11,12);;;/q;+2;2*-1. The quantitative estimate of drug-likeness (QED) is 0.431. The molecule has 0 aliphatic rings. The van der Waals surface area contributed by atoms with Crippen molar-refractivity contribution in [3.63, 3.8) is 0 Å². The minimum absolute atomic E-state index is 0. The third-order valence-corrected chi connectivity index (χ3v) is 1.36. The molecule has 1 aromatic rings. The molecular weight excluding hydrogens is 308 g/mol. The molecule has 2 N–H and O–H groups in total. The molecule has 0 saturated heterocycles. The van der Waals surface area contributed by atoms with Crippen molar-refractivity contribution in [1.29, 1.82) is 0 Å². The number of aromatic carboxylic acids is 2. The van der Waals surface area contributed by atoms with Crippen LogP contribution in [-0.4, -0.2) is 55.4 Å². The average molecular weight is 314 g/mol. The molecule has 0 atom stereocenters. The molecule has 0 bridgehead atoms. The third kappa shape index (κ3) is 17.3. The fraction of sp³-hybridized carbons (Fsp3) is 0. The average Bonchev–Trinajstić information content (AvgIpc) is 2.27. The van der Waals surface area contributed by atoms with Gasteiger partial charge < -0.3 is 40.9 Å². The zero-order chi connectivity index (χ0) is 16.3. The maximum absolute atomic E-state index is 10.4. The molecule has 21 heavy (non-hydrogen) atoms. The van der Waals surface area contributed by atoms with Gasteiger partial charge in [-0.25, -0.2) is 9.59 Å². The zero-order valence-electron chi connectivity index (χ0n) is 10.1. The van der Waals surface area contributed by atoms with Crippen LogP contribution < -0.4 is 0 Å². The van der Waals surface area contributed by atoms with E-state index in [4.69, 9.17) is 40.9 Å². The Morgan fingerprint density at radius 3 is 1.29 bits per heavy atom. The van der Waals surface area contributed by atoms with Crippen molar-refractivity contribution in [2.75, 3.05) is 0 Å². The molecule has 0 fully saturated rings. The Morgan fingerprint density at radius 2 is 1.10 bits per heavy atom. The summed E-state index contributed by atoms with van der Waals surface area (Å²) in [6.07, 6.45) is 0. The second-order valence-corrected chi connectivity index (χ2v) is 2.64. The number of rotatable bonds is 2. The molecule has 0 aliphatic heterocycles. The van der Waals surface area contributed by atoms with Crippen LogP contribution in [-0.2, 0) is 0 Å². The summed E-state index contributed by atoms with van der Waals surface area (Å²) >= 11 is 0. The van der Waals surface area contributed by atoms with E-state index in [1.165, 1.54) is 18.2 Å². The van der Waals surface area contributed by atoms with Crippen LogP contribution in [0.5, 0.6) is 0 Å². The molecule has 0 radical (unpaired) electrons. The molecule has 0 saturated carbocycles. The molecule has 12 nitrogen and oxygen atoms in total. The van der Waals surface area contributed by atoms with E-state index in [0.717, 1.165) is 6.07 Å². The van der Waals surface area contributed by atoms with Crippen LogP contribution in [0, 0.1) is 30.6 Å². The summed E-state index contributed by atoms with van der Waals surface area (Å²) in [5.74, 6) is -2.25. The predicted molar refractivity (Wildman–Crippen MR) is 66.8 cm³/mol. The van der Waals surface area contributed by atoms with Gasteiger partial charge in [0.2, 0.25) is 0 Å². The number of benzene rings is 1. The zero-order valence-corrected chi connectivity index (χ0v) is 11.5. The van der Waals surface area contributed by atoms with Gasteiger partial charge in [-0.3, -0.25) is 0 Å². The minimum atomic E-state index is -1.75. The molecule has 0 amide bonds. The van der Waals surface area contributed by atoms with E-state index < -0.39 is 22.1 Å². The molecular formula is C8H6MgN2O10. The molecule has 13 heteroatoms. The number of carbonyl (C=O) groups is 2. The Bertz CT molecular complexity index is 456. The molecule has 1 rings (SSSR count). The van der Waals surface area contributed by atoms with Crippen molar-refractivity contribution >= 4 is 35.0 Å². The van der Waals surface area contributed by atoms with Crippen molar-refractivity contribution < 1.29 is 30.0 Å². The van der Waals surface area contributed by atoms with E-state index in [9.17, 15) is 9.59 Å². The Morgan fingerprint density at radius 1 is 0.857 bits per heavy atom. The largest absolute Gasteiger partial charge is 2.00 e. The first-order valence-corrected chi connectivity index (χ1v) is 4.27. The predicted octanol–water partition coefficient (Wildman–Crippen LogP) is 0.224. The fourth-order valence-electron chi connectivity index (χ4n) is 0.785. The Hall–Kier alpha value is -2.67. The fourth-order valence-corrected chi connectivity index (χ4v) is 0.785. The summed E-state index contributed by atoms with van der Waals surface area (Å²) in [5, 5.41) is 46.5. The van der Waals surface area contributed by atoms with Crippen LogP contribution in [0.25, 0.3) is 0 Å². The van der Waals surface area contributed by atoms with Crippen LogP contribution in [0.1, 0.15) is 20.7 Å². The van der Waals surface area contributed by atoms with Crippen molar-refractivity contribution in [3.05, 3.63) is 66.0 Å². The SMILES string of the molecule is O=C(O)c1cccc(C(=O)O)c1.O=[N+]([O-])[O-].O=[N+]([O-])[O-].[Mg+2]. The Labute approximate surface area is 131 Å². The van der Waals surface area contributed by atoms with E-state index >= 15 is 0 Å². The Kier molecular flexibility index (Phi) is 13.8. The van der Waals surface area contributed by atoms with Crippen molar-refractivity contribution in [2.45, 2.75) is 0 Å². The summed E-state index contributed by atoms with van der Waals surface area (Å²) in [5.41, 5.74) is -0.0372. The number of hydrogen-bond donors (Lipinski definition) is 2. The second-order valence-electron chi connectivity index (χ2n) is 2.64. The summed E-state index contributed by atoms with van der Waals surface area (Å²) in [6, 6.07) is 5.20. The molecule has 0 aliphatic carbocycles. The van der Waals surface area contributed by atoms with Gasteiger partial charge in [-0.1, -0.05) is 6.07 Å². The summed E-state index contributed by atoms with van der Waals surface area (Å²) in [6.45, 7) is 0. The maximum Gasteiger partial charge on any atom is 2.00 e. The van der Waals surface area contributed by atoms with Gasteiger partial charge in [0.15, 0.2) is 0 Å². The monoisotopic (exact) mass is 314 g/mol. The van der Waals surface area contributed by atoms with Gasteiger partial charge in [0, 0.05) is 0 Å². The van der Waals surface area contributed by atoms with Crippen LogP contribution in [0.3, 0.4) is 0 Å². The van der Waals surface area contributed by atoms with Crippen molar-refractivity contribution in [3.8, 4) is 0 Å². The summed E-state index contributed by atoms with van der Waals surface area (Å²) < 4.78 is 0. The van der Waals surface area contributed by atoms with Gasteiger partial charge in [0.1, 0.15) is 0 Å². The summed E-state index contributed by atoms with van der Waals surface area (Å²) in [7, 11) is 0. The minimum Gasteiger partial charge on any atom is -0.478 e. The van der Waals surface area contributed by atoms with Gasteiger partial charge in [-0.05, 0) is 18.2 Å². The molecule has 0 unspecified atom stereocenters. The van der Waals surface area contributed by atoms with Gasteiger partial charge >= 0.3 is 35.0 Å². The first-order valence-electron chi connectivity index (χ1n) is 4.27. The number of carboxylic acids is 2. The van der Waals surface area contributed by atoms with Gasteiger partial charge in [-0.15, -0.1) is 0 Å². The number of nitrogens with zero attached hydrogens (tertiary/aromatic N) is 2. The van der Waals surface area contributed by atoms with E-state index in [0.29, 0.717) is 0 Å². The number of hydrogen-bond acceptors (Lipinski definition) is 8. The molecule has 0 spiro atoms. The van der Waals surface area contributed by atoms with Crippen LogP contribution in [0.2, 0.25) is 0 Å². The maximum atomic E-state index is 10.4. The topological polar surface area (TPSA) is 207 Å². The van der Waals surface area contributed by atoms with E-state index in [2.05, 4.69) is 0 Å². The van der Waals surface area contributed by atoms with Crippen LogP contribution in [0.4, 0.5) is 0 Å². The van der Waals surface area contributed by atoms with Crippen LogP contribution in [0.15, 0.2) is 24.3 Å². The molecule has 0 heterocycles. The first-order chi connectivity index (χ1) is 9.07. The Balaban J connectivity index is -0.000000304. The van der Waals surface area contributed by atoms with E-state index in [1.807, 2.05) is 0 Å². The van der Waals surface area contributed by atoms with E-state index in [-0.39, 0.29) is 34.2 Å². The van der Waals surface area contributed by atoms with Crippen LogP contribution >= 0.6 is 0 Å². The second kappa shape index (κ2) is 12.4. The normalized spacial score (nSPS) is 7.62. The molecule has 1 aromatic carbocycles. The summed E-state index contributed by atoms with van der Waals surface area (Å²) in [4.78, 5) is 37.3.